The van der Waals surface area contributed by atoms with Crippen LogP contribution in [0.15, 0.2) is 17.5 Å². The molecular formula is C18H24F6N2O5S. The van der Waals surface area contributed by atoms with E-state index in [-0.39, 0.29) is 5.60 Å². The third-order valence-corrected chi connectivity index (χ3v) is 5.36. The smallest absolute Gasteiger partial charge is 0.475 e. The Hall–Kier alpha value is -1.90. The van der Waals surface area contributed by atoms with E-state index in [1.54, 1.807) is 0 Å². The summed E-state index contributed by atoms with van der Waals surface area (Å²) in [5.41, 5.74) is 0.0997. The molecule has 1 unspecified atom stereocenters. The summed E-state index contributed by atoms with van der Waals surface area (Å²) in [5, 5.41) is 16.4. The van der Waals surface area contributed by atoms with Crippen LogP contribution in [0.1, 0.15) is 17.7 Å². The van der Waals surface area contributed by atoms with E-state index in [1.165, 1.54) is 24.3 Å². The summed E-state index contributed by atoms with van der Waals surface area (Å²) >= 11 is 1.86. The van der Waals surface area contributed by atoms with Crippen LogP contribution in [0, 0.1) is 0 Å². The average molecular weight is 494 g/mol. The highest BCUT2D eigenvalue weighted by molar-refractivity contribution is 7.09. The van der Waals surface area contributed by atoms with E-state index in [1.807, 2.05) is 11.3 Å². The first-order valence-electron chi connectivity index (χ1n) is 9.32. The number of hydrogen-bond acceptors (Lipinski definition) is 6. The molecule has 0 aliphatic carbocycles. The maximum atomic E-state index is 10.6. The van der Waals surface area contributed by atoms with Crippen molar-refractivity contribution in [3.63, 3.8) is 0 Å². The molecule has 2 aliphatic rings. The Bertz CT molecular complexity index is 700. The number of carbonyl (C=O) groups is 2. The van der Waals surface area contributed by atoms with Crippen molar-refractivity contribution in [2.24, 2.45) is 0 Å². The van der Waals surface area contributed by atoms with Crippen LogP contribution >= 0.6 is 11.3 Å². The van der Waals surface area contributed by atoms with E-state index < -0.39 is 24.3 Å². The maximum Gasteiger partial charge on any atom is 0.490 e. The number of hydrogen-bond donors (Lipinski definition) is 2. The molecule has 0 amide bonds. The molecule has 14 heteroatoms. The van der Waals surface area contributed by atoms with Gasteiger partial charge in [-0.25, -0.2) is 9.59 Å². The lowest BCUT2D eigenvalue weighted by molar-refractivity contribution is -0.193. The molecule has 1 spiro atoms. The fourth-order valence-electron chi connectivity index (χ4n) is 3.25. The van der Waals surface area contributed by atoms with E-state index in [2.05, 4.69) is 34.4 Å². The quantitative estimate of drug-likeness (QED) is 0.610. The Morgan fingerprint density at radius 3 is 2.09 bits per heavy atom. The predicted molar refractivity (Wildman–Crippen MR) is 102 cm³/mol. The average Bonchev–Trinajstić information content (AvgIpc) is 3.14. The summed E-state index contributed by atoms with van der Waals surface area (Å²) in [4.78, 5) is 24.2. The molecule has 1 aromatic rings. The number of thiophene rings is 1. The number of rotatable bonds is 2. The number of aliphatic carboxylic acids is 2. The largest absolute Gasteiger partial charge is 0.490 e. The van der Waals surface area contributed by atoms with Gasteiger partial charge >= 0.3 is 24.3 Å². The summed E-state index contributed by atoms with van der Waals surface area (Å²) in [5.74, 6) is -5.51. The minimum absolute atomic E-state index is 0.0997. The van der Waals surface area contributed by atoms with Crippen molar-refractivity contribution < 1.29 is 50.9 Å². The van der Waals surface area contributed by atoms with Crippen LogP contribution in [0.3, 0.4) is 0 Å². The number of morpholine rings is 1. The van der Waals surface area contributed by atoms with Gasteiger partial charge in [0, 0.05) is 31.1 Å². The van der Waals surface area contributed by atoms with E-state index in [0.29, 0.717) is 0 Å². The Kier molecular flexibility index (Phi) is 10.4. The van der Waals surface area contributed by atoms with Gasteiger partial charge in [0.25, 0.3) is 0 Å². The molecule has 1 atom stereocenters. The number of ether oxygens (including phenoxy) is 1. The van der Waals surface area contributed by atoms with Gasteiger partial charge in [-0.3, -0.25) is 4.90 Å². The van der Waals surface area contributed by atoms with Gasteiger partial charge in [-0.1, -0.05) is 6.07 Å². The Morgan fingerprint density at radius 2 is 1.66 bits per heavy atom. The van der Waals surface area contributed by atoms with E-state index >= 15 is 0 Å². The SMILES string of the molecule is CN1CCCC2(C1)CN(Cc1cccs1)CCO2.O=C(O)C(F)(F)F.O=C(O)C(F)(F)F. The van der Waals surface area contributed by atoms with Crippen LogP contribution in [0.4, 0.5) is 26.3 Å². The zero-order chi connectivity index (χ0) is 24.6. The molecule has 2 saturated heterocycles. The number of likely N-dealkylation sites (tertiary alicyclic amines) is 1. The minimum Gasteiger partial charge on any atom is -0.475 e. The molecule has 2 N–H and O–H groups in total. The van der Waals surface area contributed by atoms with Gasteiger partial charge in [-0.15, -0.1) is 11.3 Å². The third kappa shape index (κ3) is 10.1. The highest BCUT2D eigenvalue weighted by atomic mass is 32.1. The van der Waals surface area contributed by atoms with E-state index in [0.717, 1.165) is 32.8 Å². The second kappa shape index (κ2) is 11.8. The zero-order valence-electron chi connectivity index (χ0n) is 17.1. The molecule has 0 saturated carbocycles. The van der Waals surface area contributed by atoms with Crippen molar-refractivity contribution in [2.75, 3.05) is 39.8 Å². The Balaban J connectivity index is 0.000000305. The maximum absolute atomic E-state index is 10.6. The highest BCUT2D eigenvalue weighted by Gasteiger charge is 2.40. The summed E-state index contributed by atoms with van der Waals surface area (Å²) in [6.07, 6.45) is -7.68. The molecule has 0 radical (unpaired) electrons. The van der Waals surface area contributed by atoms with Crippen molar-refractivity contribution in [3.8, 4) is 0 Å². The summed E-state index contributed by atoms with van der Waals surface area (Å²) < 4.78 is 69.6. The molecule has 7 nitrogen and oxygen atoms in total. The number of piperidine rings is 1. The van der Waals surface area contributed by atoms with Crippen LogP contribution in [0.5, 0.6) is 0 Å². The number of halogens is 6. The monoisotopic (exact) mass is 494 g/mol. The fraction of sp³-hybridized carbons (Fsp3) is 0.667. The van der Waals surface area contributed by atoms with Crippen molar-refractivity contribution >= 4 is 23.3 Å². The van der Waals surface area contributed by atoms with E-state index in [4.69, 9.17) is 24.5 Å². The van der Waals surface area contributed by atoms with Crippen LogP contribution in [0.2, 0.25) is 0 Å². The van der Waals surface area contributed by atoms with Gasteiger partial charge in [-0.2, -0.15) is 26.3 Å². The van der Waals surface area contributed by atoms with Gasteiger partial charge in [0.05, 0.1) is 12.2 Å². The molecule has 0 aromatic carbocycles. The third-order valence-electron chi connectivity index (χ3n) is 4.50. The molecule has 1 aromatic heterocycles. The predicted octanol–water partition coefficient (Wildman–Crippen LogP) is 3.31. The lowest BCUT2D eigenvalue weighted by Crippen LogP contribution is -2.58. The molecular weight excluding hydrogens is 470 g/mol. The van der Waals surface area contributed by atoms with Gasteiger partial charge in [-0.05, 0) is 37.9 Å². The normalized spacial score (nSPS) is 22.3. The number of likely N-dealkylation sites (N-methyl/N-ethyl adjacent to an activating group) is 1. The van der Waals surface area contributed by atoms with Gasteiger partial charge in [0.15, 0.2) is 0 Å². The van der Waals surface area contributed by atoms with Crippen molar-refractivity contribution in [1.29, 1.82) is 0 Å². The van der Waals surface area contributed by atoms with Crippen molar-refractivity contribution in [3.05, 3.63) is 22.4 Å². The lowest BCUT2D eigenvalue weighted by Gasteiger charge is -2.47. The van der Waals surface area contributed by atoms with Crippen LogP contribution < -0.4 is 0 Å². The molecule has 3 heterocycles. The number of alkyl halides is 6. The van der Waals surface area contributed by atoms with Crippen LogP contribution in [0.25, 0.3) is 0 Å². The second-order valence-corrected chi connectivity index (χ2v) is 8.30. The first kappa shape index (κ1) is 28.1. The Labute approximate surface area is 184 Å². The van der Waals surface area contributed by atoms with Crippen molar-refractivity contribution in [1.82, 2.24) is 9.80 Å². The standard InChI is InChI=1S/C14H22N2OS.2C2HF3O2/c1-15-6-3-5-14(11-15)12-16(7-8-17-14)10-13-4-2-9-18-13;2*3-2(4,5)1(6)7/h2,4,9H,3,5-8,10-12H2,1H3;2*(H,6,7). The van der Waals surface area contributed by atoms with Gasteiger partial charge in [0.1, 0.15) is 0 Å². The molecule has 2 aliphatic heterocycles. The second-order valence-electron chi connectivity index (χ2n) is 7.27. The van der Waals surface area contributed by atoms with Gasteiger partial charge < -0.3 is 19.8 Å². The minimum atomic E-state index is -5.08. The van der Waals surface area contributed by atoms with E-state index in [9.17, 15) is 26.3 Å². The summed E-state index contributed by atoms with van der Waals surface area (Å²) in [6, 6.07) is 4.38. The first-order chi connectivity index (χ1) is 14.6. The Morgan fingerprint density at radius 1 is 1.09 bits per heavy atom. The summed E-state index contributed by atoms with van der Waals surface area (Å²) in [6.45, 7) is 6.45. The molecule has 184 valence electrons. The molecule has 2 fully saturated rings. The van der Waals surface area contributed by atoms with Crippen LogP contribution in [-0.2, 0) is 20.9 Å². The molecule has 0 bridgehead atoms. The molecule has 3 rings (SSSR count). The number of nitrogens with zero attached hydrogens (tertiary/aromatic N) is 2. The summed E-state index contributed by atoms with van der Waals surface area (Å²) in [7, 11) is 2.21. The van der Waals surface area contributed by atoms with Crippen molar-refractivity contribution in [2.45, 2.75) is 37.3 Å². The first-order valence-corrected chi connectivity index (χ1v) is 10.2. The fourth-order valence-corrected chi connectivity index (χ4v) is 4.00. The highest BCUT2D eigenvalue weighted by Crippen LogP contribution is 2.29. The topological polar surface area (TPSA) is 90.3 Å². The molecule has 32 heavy (non-hydrogen) atoms. The van der Waals surface area contributed by atoms with Crippen LogP contribution in [-0.4, -0.2) is 89.7 Å². The number of carboxylic acid groups (broad SMARTS) is 2. The van der Waals surface area contributed by atoms with Gasteiger partial charge in [0.2, 0.25) is 0 Å². The number of carboxylic acids is 2. The zero-order valence-corrected chi connectivity index (χ0v) is 17.9. The lowest BCUT2D eigenvalue weighted by atomic mass is 9.91.